The maximum absolute atomic E-state index is 11.9. The summed E-state index contributed by atoms with van der Waals surface area (Å²) in [5.41, 5.74) is 1.16. The zero-order valence-electron chi connectivity index (χ0n) is 12.6. The van der Waals surface area contributed by atoms with Gasteiger partial charge in [0.1, 0.15) is 0 Å². The van der Waals surface area contributed by atoms with Crippen molar-refractivity contribution in [3.63, 3.8) is 0 Å². The second kappa shape index (κ2) is 7.89. The Morgan fingerprint density at radius 3 is 2.43 bits per heavy atom. The molecule has 1 atom stereocenters. The lowest BCUT2D eigenvalue weighted by Gasteiger charge is -2.28. The summed E-state index contributed by atoms with van der Waals surface area (Å²) in [5.74, 6) is 0. The highest BCUT2D eigenvalue weighted by atomic mass is 32.2. The van der Waals surface area contributed by atoms with Crippen molar-refractivity contribution in [1.29, 1.82) is 0 Å². The molecule has 2 N–H and O–H groups in total. The number of nitrogens with zero attached hydrogens (tertiary/aromatic N) is 1. The quantitative estimate of drug-likeness (QED) is 0.767. The number of nitrogens with one attached hydrogen (secondary N) is 2. The predicted molar refractivity (Wildman–Crippen MR) is 85.2 cm³/mol. The smallest absolute Gasteiger partial charge is 0.276 e. The van der Waals surface area contributed by atoms with Crippen LogP contribution in [0.25, 0.3) is 0 Å². The Kier molecular flexibility index (Phi) is 6.17. The van der Waals surface area contributed by atoms with Crippen LogP contribution in [0.15, 0.2) is 30.3 Å². The minimum Gasteiger partial charge on any atom is -0.295 e. The summed E-state index contributed by atoms with van der Waals surface area (Å²) < 4.78 is 29.0. The van der Waals surface area contributed by atoms with Gasteiger partial charge < -0.3 is 0 Å². The summed E-state index contributed by atoms with van der Waals surface area (Å²) in [6.45, 7) is 4.88. The second-order valence-corrected chi connectivity index (χ2v) is 7.00. The molecule has 0 saturated carbocycles. The van der Waals surface area contributed by atoms with E-state index in [0.29, 0.717) is 13.1 Å². The van der Waals surface area contributed by atoms with Crippen molar-refractivity contribution in [2.45, 2.75) is 32.2 Å². The molecule has 1 unspecified atom stereocenters. The molecule has 1 heterocycles. The third-order valence-corrected chi connectivity index (χ3v) is 4.91. The van der Waals surface area contributed by atoms with Crippen LogP contribution in [0, 0.1) is 0 Å². The molecule has 0 amide bonds. The highest BCUT2D eigenvalue weighted by molar-refractivity contribution is 7.87. The average Bonchev–Trinajstić information content (AvgIpc) is 3.01. The normalized spacial score (nSPS) is 18.0. The Morgan fingerprint density at radius 2 is 1.81 bits per heavy atom. The van der Waals surface area contributed by atoms with Gasteiger partial charge in [0, 0.05) is 19.1 Å². The fraction of sp³-hybridized carbons (Fsp3) is 0.600. The lowest BCUT2D eigenvalue weighted by Crippen LogP contribution is -2.42. The van der Waals surface area contributed by atoms with Crippen molar-refractivity contribution in [2.75, 3.05) is 26.2 Å². The molecule has 1 aliphatic heterocycles. The van der Waals surface area contributed by atoms with E-state index in [4.69, 9.17) is 0 Å². The van der Waals surface area contributed by atoms with E-state index in [-0.39, 0.29) is 6.04 Å². The molecule has 0 spiro atoms. The maximum Gasteiger partial charge on any atom is 0.276 e. The molecule has 0 aliphatic carbocycles. The molecule has 1 saturated heterocycles. The number of hydrogen-bond donors (Lipinski definition) is 2. The highest BCUT2D eigenvalue weighted by Gasteiger charge is 2.24. The fourth-order valence-electron chi connectivity index (χ4n) is 2.66. The van der Waals surface area contributed by atoms with Crippen LogP contribution in [-0.2, 0) is 10.2 Å². The van der Waals surface area contributed by atoms with Crippen molar-refractivity contribution in [1.82, 2.24) is 14.3 Å². The molecule has 1 aromatic carbocycles. The van der Waals surface area contributed by atoms with Crippen LogP contribution in [-0.4, -0.2) is 39.5 Å². The standard InChI is InChI=1S/C15H25N3O2S/c1-2-10-16-21(19,20)17-13-15(18-11-6-7-12-18)14-8-4-3-5-9-14/h3-5,8-9,15-17H,2,6-7,10-13H2,1H3. The summed E-state index contributed by atoms with van der Waals surface area (Å²) in [4.78, 5) is 2.36. The molecular weight excluding hydrogens is 286 g/mol. The number of likely N-dealkylation sites (tertiary alicyclic amines) is 1. The molecule has 21 heavy (non-hydrogen) atoms. The Labute approximate surface area is 127 Å². The van der Waals surface area contributed by atoms with Crippen molar-refractivity contribution in [3.8, 4) is 0 Å². The van der Waals surface area contributed by atoms with E-state index in [1.54, 1.807) is 0 Å². The molecule has 1 aromatic rings. The zero-order chi connectivity index (χ0) is 15.1. The molecule has 1 aliphatic rings. The van der Waals surface area contributed by atoms with Crippen molar-refractivity contribution in [2.24, 2.45) is 0 Å². The monoisotopic (exact) mass is 311 g/mol. The molecule has 0 bridgehead atoms. The molecule has 0 aromatic heterocycles. The molecule has 5 nitrogen and oxygen atoms in total. The first-order valence-corrected chi connectivity index (χ1v) is 9.14. The van der Waals surface area contributed by atoms with Gasteiger partial charge in [0.2, 0.25) is 0 Å². The topological polar surface area (TPSA) is 61.4 Å². The fourth-order valence-corrected chi connectivity index (χ4v) is 3.61. The first-order chi connectivity index (χ1) is 10.1. The Morgan fingerprint density at radius 1 is 1.14 bits per heavy atom. The van der Waals surface area contributed by atoms with E-state index in [0.717, 1.165) is 25.1 Å². The zero-order valence-corrected chi connectivity index (χ0v) is 13.4. The summed E-state index contributed by atoms with van der Waals surface area (Å²) in [6, 6.07) is 10.2. The van der Waals surface area contributed by atoms with E-state index in [9.17, 15) is 8.42 Å². The van der Waals surface area contributed by atoms with Gasteiger partial charge in [0.25, 0.3) is 10.2 Å². The van der Waals surface area contributed by atoms with Gasteiger partial charge in [-0.05, 0) is 37.9 Å². The van der Waals surface area contributed by atoms with Crippen molar-refractivity contribution in [3.05, 3.63) is 35.9 Å². The van der Waals surface area contributed by atoms with Crippen LogP contribution in [0.4, 0.5) is 0 Å². The van der Waals surface area contributed by atoms with Gasteiger partial charge in [-0.3, -0.25) is 4.90 Å². The second-order valence-electron chi connectivity index (χ2n) is 5.42. The lowest BCUT2D eigenvalue weighted by molar-refractivity contribution is 0.246. The lowest BCUT2D eigenvalue weighted by atomic mass is 10.1. The number of benzene rings is 1. The third-order valence-electron chi connectivity index (χ3n) is 3.77. The minimum absolute atomic E-state index is 0.104. The summed E-state index contributed by atoms with van der Waals surface area (Å²) in [5, 5.41) is 0. The first-order valence-electron chi connectivity index (χ1n) is 7.65. The Bertz CT molecular complexity index is 513. The first kappa shape index (κ1) is 16.4. The van der Waals surface area contributed by atoms with E-state index < -0.39 is 10.2 Å². The van der Waals surface area contributed by atoms with E-state index in [2.05, 4.69) is 26.5 Å². The van der Waals surface area contributed by atoms with Crippen LogP contribution in [0.3, 0.4) is 0 Å². The van der Waals surface area contributed by atoms with E-state index >= 15 is 0 Å². The minimum atomic E-state index is -3.40. The third kappa shape index (κ3) is 5.07. The largest absolute Gasteiger partial charge is 0.295 e. The Balaban J connectivity index is 2.03. The summed E-state index contributed by atoms with van der Waals surface area (Å²) >= 11 is 0. The molecule has 118 valence electrons. The SMILES string of the molecule is CCCNS(=O)(=O)NCC(c1ccccc1)N1CCCC1. The predicted octanol–water partition coefficient (Wildman–Crippen LogP) is 1.66. The molecule has 1 fully saturated rings. The van der Waals surface area contributed by atoms with Crippen molar-refractivity contribution >= 4 is 10.2 Å². The van der Waals surface area contributed by atoms with Crippen molar-refractivity contribution < 1.29 is 8.42 Å². The van der Waals surface area contributed by atoms with Crippen LogP contribution in [0.2, 0.25) is 0 Å². The van der Waals surface area contributed by atoms with Gasteiger partial charge >= 0.3 is 0 Å². The van der Waals surface area contributed by atoms with Gasteiger partial charge in [-0.25, -0.2) is 9.44 Å². The molecule has 2 rings (SSSR count). The van der Waals surface area contributed by atoms with Gasteiger partial charge in [-0.2, -0.15) is 8.42 Å². The Hall–Kier alpha value is -0.950. The van der Waals surface area contributed by atoms with Crippen LogP contribution >= 0.6 is 0 Å². The molecular formula is C15H25N3O2S. The van der Waals surface area contributed by atoms with E-state index in [1.807, 2.05) is 25.1 Å². The summed E-state index contributed by atoms with van der Waals surface area (Å²) in [7, 11) is -3.40. The average molecular weight is 311 g/mol. The molecule has 6 heteroatoms. The van der Waals surface area contributed by atoms with Crippen LogP contribution in [0.5, 0.6) is 0 Å². The number of hydrogen-bond acceptors (Lipinski definition) is 3. The van der Waals surface area contributed by atoms with Crippen LogP contribution in [0.1, 0.15) is 37.8 Å². The van der Waals surface area contributed by atoms with Gasteiger partial charge in [0.15, 0.2) is 0 Å². The molecule has 0 radical (unpaired) electrons. The van der Waals surface area contributed by atoms with Gasteiger partial charge in [-0.1, -0.05) is 37.3 Å². The van der Waals surface area contributed by atoms with Gasteiger partial charge in [0.05, 0.1) is 0 Å². The highest BCUT2D eigenvalue weighted by Crippen LogP contribution is 2.24. The van der Waals surface area contributed by atoms with Crippen LogP contribution < -0.4 is 9.44 Å². The van der Waals surface area contributed by atoms with Gasteiger partial charge in [-0.15, -0.1) is 0 Å². The summed E-state index contributed by atoms with van der Waals surface area (Å²) in [6.07, 6.45) is 3.16. The van der Waals surface area contributed by atoms with E-state index in [1.165, 1.54) is 12.8 Å². The maximum atomic E-state index is 11.9. The number of rotatable bonds is 8.